The van der Waals surface area contributed by atoms with Crippen molar-refractivity contribution in [3.63, 3.8) is 0 Å². The molecule has 0 aliphatic rings. The smallest absolute Gasteiger partial charge is 0.769 e. The van der Waals surface area contributed by atoms with Gasteiger partial charge < -0.3 is 14.0 Å². The zero-order valence-corrected chi connectivity index (χ0v) is 8.87. The van der Waals surface area contributed by atoms with Crippen LogP contribution in [-0.4, -0.2) is 0 Å². The molecule has 0 bridgehead atoms. The number of hydrogen-bond donors (Lipinski definition) is 0. The molecule has 0 fully saturated rings. The Morgan fingerprint density at radius 1 is 0.625 bits per heavy atom. The zero-order valence-electron chi connectivity index (χ0n) is 3.66. The second-order valence-electron chi connectivity index (χ2n) is 0. The molecule has 0 aromatic heterocycles. The minimum atomic E-state index is 0. The molecule has 0 heterocycles. The molecule has 8 heteroatoms. The van der Waals surface area contributed by atoms with Crippen molar-refractivity contribution in [2.45, 2.75) is 0 Å². The van der Waals surface area contributed by atoms with Gasteiger partial charge in [-0.25, -0.2) is 35.6 Å². The maximum absolute atomic E-state index is 7.72. The van der Waals surface area contributed by atoms with Crippen LogP contribution in [0.25, 0.3) is 0 Å². The van der Waals surface area contributed by atoms with E-state index in [2.05, 4.69) is 35.6 Å². The van der Waals surface area contributed by atoms with E-state index in [0.29, 0.717) is 0 Å². The van der Waals surface area contributed by atoms with Crippen molar-refractivity contribution < 1.29 is 60.6 Å². The molecule has 8 heavy (non-hydrogen) atoms. The van der Waals surface area contributed by atoms with Crippen molar-refractivity contribution in [3.8, 4) is 0 Å². The number of halogens is 3. The molecule has 3 nitrogen and oxygen atoms in total. The van der Waals surface area contributed by atoms with Crippen LogP contribution in [0.5, 0.6) is 0 Å². The molecular weight excluding hydrogens is 241 g/mol. The summed E-state index contributed by atoms with van der Waals surface area (Å²) in [6, 6.07) is 0. The predicted octanol–water partition coefficient (Wildman–Crippen LogP) is -4.50. The summed E-state index contributed by atoms with van der Waals surface area (Å²) in [7, 11) is 0. The summed E-state index contributed by atoms with van der Waals surface area (Å²) < 4.78 is 23.2. The van der Waals surface area contributed by atoms with Gasteiger partial charge in [-0.15, -0.1) is 0 Å². The first-order valence-corrected chi connectivity index (χ1v) is 1.39. The zero-order chi connectivity index (χ0) is 6.00. The molecule has 1 radical (unpaired) electrons. The van der Waals surface area contributed by atoms with E-state index in [9.17, 15) is 0 Å². The Balaban J connectivity index is -0.00000000500. The van der Waals surface area contributed by atoms with Crippen molar-refractivity contribution in [1.82, 2.24) is 0 Å². The van der Waals surface area contributed by atoms with Gasteiger partial charge in [0.05, 0.1) is 0 Å². The van der Waals surface area contributed by atoms with E-state index < -0.39 is 0 Å². The fourth-order valence-corrected chi connectivity index (χ4v) is 0. The Bertz CT molecular complexity index is 14.5. The van der Waals surface area contributed by atoms with E-state index in [-0.39, 0.29) is 46.6 Å². The van der Waals surface area contributed by atoms with E-state index in [1.54, 1.807) is 0 Å². The van der Waals surface area contributed by atoms with Gasteiger partial charge in [-0.1, -0.05) is 0 Å². The Morgan fingerprint density at radius 2 is 0.625 bits per heavy atom. The second-order valence-corrected chi connectivity index (χ2v) is 0. The summed E-state index contributed by atoms with van der Waals surface area (Å²) in [4.78, 5) is 0. The molecule has 0 aromatic carbocycles. The van der Waals surface area contributed by atoms with E-state index in [0.717, 1.165) is 0 Å². The fourth-order valence-electron chi connectivity index (χ4n) is 0. The molecule has 0 unspecified atom stereocenters. The van der Waals surface area contributed by atoms with Gasteiger partial charge in [0, 0.05) is 0 Å². The molecule has 0 N–H and O–H groups in total. The first kappa shape index (κ1) is 31.8. The number of hydrogen-bond acceptors (Lipinski definition) is 3. The van der Waals surface area contributed by atoms with E-state index >= 15 is 0 Å². The van der Waals surface area contributed by atoms with Crippen LogP contribution in [-0.2, 0) is 17.1 Å². The summed E-state index contributed by atoms with van der Waals surface area (Å²) >= 11 is 10.2. The maximum atomic E-state index is 7.72. The van der Waals surface area contributed by atoms with Gasteiger partial charge in [0.15, 0.2) is 0 Å². The van der Waals surface area contributed by atoms with Gasteiger partial charge in [-0.05, 0) is 0 Å². The summed E-state index contributed by atoms with van der Waals surface area (Å²) in [5, 5.41) is 0. The van der Waals surface area contributed by atoms with Crippen LogP contribution >= 0.6 is 35.6 Å². The van der Waals surface area contributed by atoms with Gasteiger partial charge in [-0.2, -0.15) is 0 Å². The van der Waals surface area contributed by atoms with Crippen molar-refractivity contribution in [3.05, 3.63) is 0 Å². The van der Waals surface area contributed by atoms with Gasteiger partial charge in [0.1, 0.15) is 0 Å². The minimum absolute atomic E-state index is 0. The molecule has 51 valence electrons. The van der Waals surface area contributed by atoms with E-state index in [1.807, 2.05) is 0 Å². The minimum Gasteiger partial charge on any atom is -0.769 e. The Morgan fingerprint density at radius 3 is 0.625 bits per heavy atom. The third-order valence-corrected chi connectivity index (χ3v) is 0. The van der Waals surface area contributed by atoms with Gasteiger partial charge in [-0.3, -0.25) is 0 Å². The SMILES string of the molecule is [Cu+2].[Na+].[O-]Cl.[O-]Cl.[O-]Cl. The van der Waals surface area contributed by atoms with E-state index in [1.165, 1.54) is 0 Å². The molecule has 0 spiro atoms. The van der Waals surface area contributed by atoms with Crippen LogP contribution in [0, 0.1) is 0 Å². The molecule has 0 aliphatic carbocycles. The largest absolute Gasteiger partial charge is 2.00 e. The van der Waals surface area contributed by atoms with Gasteiger partial charge in [0.25, 0.3) is 0 Å². The molecule has 0 rings (SSSR count). The van der Waals surface area contributed by atoms with E-state index in [4.69, 9.17) is 14.0 Å². The quantitative estimate of drug-likeness (QED) is 0.401. The van der Waals surface area contributed by atoms with Crippen molar-refractivity contribution in [2.24, 2.45) is 0 Å². The molecule has 0 atom stereocenters. The van der Waals surface area contributed by atoms with Crippen LogP contribution in [0.1, 0.15) is 0 Å². The predicted molar refractivity (Wildman–Crippen MR) is 17.6 cm³/mol. The first-order valence-electron chi connectivity index (χ1n) is 0.463. The topological polar surface area (TPSA) is 69.2 Å². The van der Waals surface area contributed by atoms with Gasteiger partial charge >= 0.3 is 46.6 Å². The van der Waals surface area contributed by atoms with Crippen LogP contribution in [0.3, 0.4) is 0 Å². The third kappa shape index (κ3) is 84.8. The standard InChI is InChI=1S/3ClO.Cu.Na/c3*1-2;;/q3*-1;+2;+1. The van der Waals surface area contributed by atoms with Crippen molar-refractivity contribution >= 4 is 35.6 Å². The normalized spacial score (nSPS) is 2.25. The fraction of sp³-hybridized carbons (Fsp3) is 0. The molecule has 0 aliphatic heterocycles. The van der Waals surface area contributed by atoms with Crippen molar-refractivity contribution in [2.75, 3.05) is 0 Å². The summed E-state index contributed by atoms with van der Waals surface area (Å²) in [5.74, 6) is 0. The Hall–Kier alpha value is 2.27. The van der Waals surface area contributed by atoms with Crippen LogP contribution in [0.2, 0.25) is 0 Å². The van der Waals surface area contributed by atoms with Crippen LogP contribution < -0.4 is 43.5 Å². The molecular formula is Cl3CuNaO3. The second kappa shape index (κ2) is 123. The average molecular weight is 241 g/mol. The summed E-state index contributed by atoms with van der Waals surface area (Å²) in [6.45, 7) is 0. The third-order valence-electron chi connectivity index (χ3n) is 0. The Kier molecular flexibility index (Phi) is 489. The monoisotopic (exact) mass is 239 g/mol. The maximum Gasteiger partial charge on any atom is 2.00 e. The molecule has 0 saturated carbocycles. The van der Waals surface area contributed by atoms with Gasteiger partial charge in [0.2, 0.25) is 0 Å². The molecule has 0 saturated heterocycles. The van der Waals surface area contributed by atoms with Crippen LogP contribution in [0.4, 0.5) is 0 Å². The Labute approximate surface area is 95.2 Å². The van der Waals surface area contributed by atoms with Crippen molar-refractivity contribution in [1.29, 1.82) is 0 Å². The average Bonchev–Trinajstić information content (AvgIpc) is 1.81. The number of rotatable bonds is 0. The summed E-state index contributed by atoms with van der Waals surface area (Å²) in [5.41, 5.74) is 0. The summed E-state index contributed by atoms with van der Waals surface area (Å²) in [6.07, 6.45) is 0. The van der Waals surface area contributed by atoms with Crippen LogP contribution in [0.15, 0.2) is 0 Å². The molecule has 0 aromatic rings. The first-order chi connectivity index (χ1) is 3.00. The molecule has 0 amide bonds.